The topological polar surface area (TPSA) is 78.9 Å². The molecule has 3 N–H and O–H groups in total. The van der Waals surface area contributed by atoms with Gasteiger partial charge in [0.2, 0.25) is 11.9 Å². The molecule has 3 rings (SSSR count). The average molecular weight is 291 g/mol. The molecular weight excluding hydrogens is 274 g/mol. The fourth-order valence-electron chi connectivity index (χ4n) is 2.28. The van der Waals surface area contributed by atoms with E-state index in [-0.39, 0.29) is 11.9 Å². The van der Waals surface area contributed by atoms with Crippen molar-refractivity contribution in [3.05, 3.63) is 11.4 Å². The fourth-order valence-corrected chi connectivity index (χ4v) is 3.04. The highest BCUT2D eigenvalue weighted by molar-refractivity contribution is 7.16. The Balaban J connectivity index is 1.78. The molecule has 0 aromatic carbocycles. The summed E-state index contributed by atoms with van der Waals surface area (Å²) in [7, 11) is 0. The molecule has 7 heteroatoms. The zero-order chi connectivity index (χ0) is 13.9. The van der Waals surface area contributed by atoms with Crippen LogP contribution in [-0.2, 0) is 4.79 Å². The third kappa shape index (κ3) is 2.67. The summed E-state index contributed by atoms with van der Waals surface area (Å²) in [4.78, 5) is 21.1. The van der Waals surface area contributed by atoms with Gasteiger partial charge in [0.05, 0.1) is 5.39 Å². The van der Waals surface area contributed by atoms with E-state index in [2.05, 4.69) is 25.9 Å². The first-order chi connectivity index (χ1) is 9.76. The molecule has 1 amide bonds. The molecule has 2 aromatic rings. The molecule has 20 heavy (non-hydrogen) atoms. The standard InChI is InChI=1S/C13H17N5OS/c1-2-14-13-17-11(9-5-6-20-12(9)18-13)15-7-8-3-4-10(19)16-8/h5-6,8H,2-4,7H2,1H3,(H,16,19)(H2,14,15,17,18). The van der Waals surface area contributed by atoms with Crippen LogP contribution in [-0.4, -0.2) is 35.0 Å². The Hall–Kier alpha value is -1.89. The van der Waals surface area contributed by atoms with Gasteiger partial charge in [-0.3, -0.25) is 4.79 Å². The first kappa shape index (κ1) is 13.1. The lowest BCUT2D eigenvalue weighted by molar-refractivity contribution is -0.119. The van der Waals surface area contributed by atoms with Gasteiger partial charge in [-0.25, -0.2) is 4.98 Å². The van der Waals surface area contributed by atoms with E-state index in [0.717, 1.165) is 29.0 Å². The van der Waals surface area contributed by atoms with Crippen molar-refractivity contribution in [3.8, 4) is 0 Å². The molecule has 6 nitrogen and oxygen atoms in total. The van der Waals surface area contributed by atoms with E-state index in [1.807, 2.05) is 18.4 Å². The van der Waals surface area contributed by atoms with E-state index in [1.165, 1.54) is 0 Å². The van der Waals surface area contributed by atoms with Gasteiger partial charge in [0.1, 0.15) is 10.6 Å². The Bertz CT molecular complexity index is 626. The SMILES string of the molecule is CCNc1nc(NCC2CCC(=O)N2)c2ccsc2n1. The highest BCUT2D eigenvalue weighted by atomic mass is 32.1. The second-order valence-corrected chi connectivity index (χ2v) is 5.64. The Morgan fingerprint density at radius 1 is 1.45 bits per heavy atom. The number of carbonyl (C=O) groups excluding carboxylic acids is 1. The van der Waals surface area contributed by atoms with Crippen molar-refractivity contribution in [2.45, 2.75) is 25.8 Å². The minimum atomic E-state index is 0.133. The summed E-state index contributed by atoms with van der Waals surface area (Å²) in [5, 5.41) is 12.5. The maximum atomic E-state index is 11.2. The number of hydrogen-bond donors (Lipinski definition) is 3. The van der Waals surface area contributed by atoms with Gasteiger partial charge < -0.3 is 16.0 Å². The molecule has 1 fully saturated rings. The average Bonchev–Trinajstić information content (AvgIpc) is 3.05. The van der Waals surface area contributed by atoms with Crippen LogP contribution in [0, 0.1) is 0 Å². The lowest BCUT2D eigenvalue weighted by atomic mass is 10.2. The zero-order valence-corrected chi connectivity index (χ0v) is 12.1. The molecule has 0 radical (unpaired) electrons. The normalized spacial score (nSPS) is 18.2. The number of nitrogens with one attached hydrogen (secondary N) is 3. The molecule has 0 bridgehead atoms. The largest absolute Gasteiger partial charge is 0.367 e. The number of rotatable bonds is 5. The predicted molar refractivity (Wildman–Crippen MR) is 81.2 cm³/mol. The van der Waals surface area contributed by atoms with Crippen LogP contribution in [0.1, 0.15) is 19.8 Å². The van der Waals surface area contributed by atoms with Crippen LogP contribution >= 0.6 is 11.3 Å². The van der Waals surface area contributed by atoms with Crippen LogP contribution in [0.4, 0.5) is 11.8 Å². The molecular formula is C13H17N5OS. The molecule has 3 heterocycles. The minimum absolute atomic E-state index is 0.133. The van der Waals surface area contributed by atoms with Gasteiger partial charge in [0.25, 0.3) is 0 Å². The van der Waals surface area contributed by atoms with Gasteiger partial charge >= 0.3 is 0 Å². The number of carbonyl (C=O) groups is 1. The van der Waals surface area contributed by atoms with E-state index >= 15 is 0 Å². The molecule has 2 aromatic heterocycles. The maximum Gasteiger partial charge on any atom is 0.226 e. The number of anilines is 2. The summed E-state index contributed by atoms with van der Waals surface area (Å²) in [6, 6.07) is 2.21. The summed E-state index contributed by atoms with van der Waals surface area (Å²) in [5.74, 6) is 1.60. The Morgan fingerprint density at radius 2 is 2.35 bits per heavy atom. The minimum Gasteiger partial charge on any atom is -0.367 e. The Labute approximate surface area is 121 Å². The van der Waals surface area contributed by atoms with Crippen LogP contribution in [0.3, 0.4) is 0 Å². The molecule has 0 aliphatic carbocycles. The van der Waals surface area contributed by atoms with Gasteiger partial charge in [-0.05, 0) is 24.8 Å². The van der Waals surface area contributed by atoms with Crippen molar-refractivity contribution >= 4 is 39.2 Å². The summed E-state index contributed by atoms with van der Waals surface area (Å²) < 4.78 is 0. The van der Waals surface area contributed by atoms with Crippen molar-refractivity contribution in [1.29, 1.82) is 0 Å². The van der Waals surface area contributed by atoms with Crippen molar-refractivity contribution in [1.82, 2.24) is 15.3 Å². The quantitative estimate of drug-likeness (QED) is 0.783. The highest BCUT2D eigenvalue weighted by Crippen LogP contribution is 2.26. The third-order valence-corrected chi connectivity index (χ3v) is 4.07. The lowest BCUT2D eigenvalue weighted by Gasteiger charge is -2.13. The molecule has 106 valence electrons. The predicted octanol–water partition coefficient (Wildman–Crippen LogP) is 1.81. The molecule has 1 saturated heterocycles. The Morgan fingerprint density at radius 3 is 3.10 bits per heavy atom. The summed E-state index contributed by atoms with van der Waals surface area (Å²) in [6.07, 6.45) is 1.50. The van der Waals surface area contributed by atoms with Crippen LogP contribution in [0.25, 0.3) is 10.2 Å². The van der Waals surface area contributed by atoms with Crippen molar-refractivity contribution in [2.24, 2.45) is 0 Å². The summed E-state index contributed by atoms with van der Waals surface area (Å²) in [6.45, 7) is 3.50. The third-order valence-electron chi connectivity index (χ3n) is 3.26. The maximum absolute atomic E-state index is 11.2. The summed E-state index contributed by atoms with van der Waals surface area (Å²) in [5.41, 5.74) is 0. The molecule has 1 atom stereocenters. The van der Waals surface area contributed by atoms with Gasteiger partial charge in [-0.1, -0.05) is 0 Å². The Kier molecular flexibility index (Phi) is 3.68. The number of fused-ring (bicyclic) bond motifs is 1. The molecule has 1 unspecified atom stereocenters. The molecule has 1 aliphatic heterocycles. The van der Waals surface area contributed by atoms with Crippen molar-refractivity contribution in [2.75, 3.05) is 23.7 Å². The van der Waals surface area contributed by atoms with Crippen molar-refractivity contribution in [3.63, 3.8) is 0 Å². The van der Waals surface area contributed by atoms with Gasteiger partial charge in [-0.15, -0.1) is 11.3 Å². The smallest absolute Gasteiger partial charge is 0.226 e. The van der Waals surface area contributed by atoms with Crippen LogP contribution in [0.5, 0.6) is 0 Å². The second kappa shape index (κ2) is 5.62. The van der Waals surface area contributed by atoms with Gasteiger partial charge in [0.15, 0.2) is 0 Å². The van der Waals surface area contributed by atoms with E-state index in [0.29, 0.717) is 18.9 Å². The monoisotopic (exact) mass is 291 g/mol. The molecule has 1 aliphatic rings. The fraction of sp³-hybridized carbons (Fsp3) is 0.462. The number of thiophene rings is 1. The zero-order valence-electron chi connectivity index (χ0n) is 11.3. The van der Waals surface area contributed by atoms with E-state index in [4.69, 9.17) is 0 Å². The number of hydrogen-bond acceptors (Lipinski definition) is 6. The second-order valence-electron chi connectivity index (χ2n) is 4.75. The van der Waals surface area contributed by atoms with Crippen LogP contribution in [0.15, 0.2) is 11.4 Å². The highest BCUT2D eigenvalue weighted by Gasteiger charge is 2.20. The van der Waals surface area contributed by atoms with Crippen LogP contribution < -0.4 is 16.0 Å². The van der Waals surface area contributed by atoms with Crippen LogP contribution in [0.2, 0.25) is 0 Å². The van der Waals surface area contributed by atoms with Gasteiger partial charge in [0, 0.05) is 25.6 Å². The van der Waals surface area contributed by atoms with E-state index < -0.39 is 0 Å². The molecule has 0 saturated carbocycles. The van der Waals surface area contributed by atoms with E-state index in [1.54, 1.807) is 11.3 Å². The number of aromatic nitrogens is 2. The first-order valence-corrected chi connectivity index (χ1v) is 7.66. The molecule has 0 spiro atoms. The van der Waals surface area contributed by atoms with Crippen molar-refractivity contribution < 1.29 is 4.79 Å². The van der Waals surface area contributed by atoms with Gasteiger partial charge in [-0.2, -0.15) is 4.98 Å². The van der Waals surface area contributed by atoms with E-state index in [9.17, 15) is 4.79 Å². The lowest BCUT2D eigenvalue weighted by Crippen LogP contribution is -2.32. The summed E-state index contributed by atoms with van der Waals surface area (Å²) >= 11 is 1.60. The number of amides is 1. The number of nitrogens with zero attached hydrogens (tertiary/aromatic N) is 2. The first-order valence-electron chi connectivity index (χ1n) is 6.78.